The Morgan fingerprint density at radius 3 is 2.54 bits per heavy atom. The minimum Gasteiger partial charge on any atom is -0.491 e. The first-order valence-electron chi connectivity index (χ1n) is 13.8. The number of carbonyl (C=O) groups excluding carboxylic acids is 2. The Kier molecular flexibility index (Phi) is 8.42. The highest BCUT2D eigenvalue weighted by Gasteiger charge is 2.27. The normalized spacial score (nSPS) is 17.0. The summed E-state index contributed by atoms with van der Waals surface area (Å²) < 4.78 is 45.0. The highest BCUT2D eigenvalue weighted by Crippen LogP contribution is 2.31. The molecule has 1 atom stereocenters. The summed E-state index contributed by atoms with van der Waals surface area (Å²) in [7, 11) is -3.77. The number of nitrogens with zero attached hydrogens (tertiary/aromatic N) is 1. The lowest BCUT2D eigenvalue weighted by Crippen LogP contribution is -2.37. The second-order valence-electron chi connectivity index (χ2n) is 10.5. The number of amides is 2. The summed E-state index contributed by atoms with van der Waals surface area (Å²) >= 11 is 0. The Morgan fingerprint density at radius 1 is 1.10 bits per heavy atom. The molecule has 2 N–H and O–H groups in total. The van der Waals surface area contributed by atoms with Crippen LogP contribution in [-0.2, 0) is 22.8 Å². The van der Waals surface area contributed by atoms with Crippen LogP contribution in [0.5, 0.6) is 5.75 Å². The van der Waals surface area contributed by atoms with Crippen LogP contribution in [0.15, 0.2) is 59.5 Å². The first-order valence-corrected chi connectivity index (χ1v) is 15.7. The molecule has 8 nitrogen and oxygen atoms in total. The molecule has 41 heavy (non-hydrogen) atoms. The molecule has 0 aromatic heterocycles. The first-order chi connectivity index (χ1) is 19.7. The van der Waals surface area contributed by atoms with Gasteiger partial charge in [-0.25, -0.2) is 12.8 Å². The van der Waals surface area contributed by atoms with Crippen LogP contribution in [0.3, 0.4) is 0 Å². The number of carbonyl (C=O) groups is 2. The van der Waals surface area contributed by atoms with Crippen molar-refractivity contribution in [3.8, 4) is 16.9 Å². The van der Waals surface area contributed by atoms with Gasteiger partial charge in [0.15, 0.2) is 9.84 Å². The molecule has 1 saturated heterocycles. The van der Waals surface area contributed by atoms with E-state index in [4.69, 9.17) is 4.74 Å². The molecule has 0 spiro atoms. The maximum Gasteiger partial charge on any atom is 0.254 e. The molecule has 2 aliphatic heterocycles. The summed E-state index contributed by atoms with van der Waals surface area (Å²) in [6.07, 6.45) is 3.32. The van der Waals surface area contributed by atoms with Crippen molar-refractivity contribution in [1.82, 2.24) is 15.5 Å². The summed E-state index contributed by atoms with van der Waals surface area (Å²) in [6, 6.07) is 16.0. The molecule has 0 radical (unpaired) electrons. The zero-order valence-electron chi connectivity index (χ0n) is 23.2. The monoisotopic (exact) mass is 579 g/mol. The van der Waals surface area contributed by atoms with Crippen molar-refractivity contribution in [1.29, 1.82) is 0 Å². The van der Waals surface area contributed by atoms with Crippen molar-refractivity contribution < 1.29 is 27.1 Å². The van der Waals surface area contributed by atoms with E-state index in [1.54, 1.807) is 24.0 Å². The number of sulfone groups is 1. The van der Waals surface area contributed by atoms with Gasteiger partial charge in [-0.1, -0.05) is 25.1 Å². The predicted octanol–water partition coefficient (Wildman–Crippen LogP) is 3.98. The summed E-state index contributed by atoms with van der Waals surface area (Å²) in [5.74, 6) is -0.704. The van der Waals surface area contributed by atoms with Crippen molar-refractivity contribution in [2.75, 3.05) is 32.5 Å². The maximum atomic E-state index is 15.1. The Hall–Kier alpha value is -3.76. The molecule has 3 aromatic carbocycles. The largest absolute Gasteiger partial charge is 0.491 e. The van der Waals surface area contributed by atoms with Gasteiger partial charge in [-0.05, 0) is 73.3 Å². The fraction of sp³-hybridized carbons (Fsp3) is 0.355. The van der Waals surface area contributed by atoms with E-state index in [2.05, 4.69) is 10.6 Å². The third-order valence-electron chi connectivity index (χ3n) is 7.67. The number of benzene rings is 3. The van der Waals surface area contributed by atoms with E-state index < -0.39 is 20.5 Å². The van der Waals surface area contributed by atoms with Crippen LogP contribution in [0.25, 0.3) is 11.1 Å². The van der Waals surface area contributed by atoms with E-state index >= 15 is 4.39 Å². The number of nitrogens with one attached hydrogen (secondary N) is 2. The van der Waals surface area contributed by atoms with Gasteiger partial charge < -0.3 is 20.3 Å². The van der Waals surface area contributed by atoms with Gasteiger partial charge in [-0.3, -0.25) is 9.59 Å². The lowest BCUT2D eigenvalue weighted by Gasteiger charge is -2.22. The van der Waals surface area contributed by atoms with Gasteiger partial charge in [0.2, 0.25) is 0 Å². The summed E-state index contributed by atoms with van der Waals surface area (Å²) in [5.41, 5.74) is 3.43. The molecule has 2 aliphatic rings. The molecule has 2 heterocycles. The summed E-state index contributed by atoms with van der Waals surface area (Å²) in [5, 5.41) is 6.36. The van der Waals surface area contributed by atoms with Crippen LogP contribution in [0.2, 0.25) is 0 Å². The molecule has 1 unspecified atom stereocenters. The Bertz CT molecular complexity index is 1570. The van der Waals surface area contributed by atoms with Crippen molar-refractivity contribution in [2.45, 2.75) is 43.7 Å². The van der Waals surface area contributed by atoms with Gasteiger partial charge in [0.05, 0.1) is 6.54 Å². The molecular formula is C31H34FN3O5S. The second kappa shape index (κ2) is 12.0. The van der Waals surface area contributed by atoms with E-state index in [1.807, 2.05) is 30.3 Å². The molecule has 2 amide bonds. The van der Waals surface area contributed by atoms with Gasteiger partial charge in [0.25, 0.3) is 11.8 Å². The molecule has 0 aliphatic carbocycles. The molecule has 0 bridgehead atoms. The van der Waals surface area contributed by atoms with Gasteiger partial charge >= 0.3 is 0 Å². The molecule has 1 fully saturated rings. The Balaban J connectivity index is 1.34. The van der Waals surface area contributed by atoms with Crippen LogP contribution in [0.4, 0.5) is 4.39 Å². The van der Waals surface area contributed by atoms with Crippen molar-refractivity contribution >= 4 is 21.7 Å². The van der Waals surface area contributed by atoms with Gasteiger partial charge in [-0.15, -0.1) is 0 Å². The van der Waals surface area contributed by atoms with E-state index in [0.29, 0.717) is 30.4 Å². The lowest BCUT2D eigenvalue weighted by molar-refractivity contribution is 0.0731. The maximum absolute atomic E-state index is 15.1. The second-order valence-corrected chi connectivity index (χ2v) is 12.5. The van der Waals surface area contributed by atoms with Crippen molar-refractivity contribution in [2.24, 2.45) is 0 Å². The number of halogens is 1. The fourth-order valence-electron chi connectivity index (χ4n) is 5.41. The number of hydrogen-bond acceptors (Lipinski definition) is 6. The molecular weight excluding hydrogens is 545 g/mol. The highest BCUT2D eigenvalue weighted by atomic mass is 32.2. The quantitative estimate of drug-likeness (QED) is 0.439. The van der Waals surface area contributed by atoms with Crippen molar-refractivity contribution in [3.05, 3.63) is 82.7 Å². The number of hydrogen-bond donors (Lipinski definition) is 2. The molecule has 10 heteroatoms. The highest BCUT2D eigenvalue weighted by molar-refractivity contribution is 7.90. The van der Waals surface area contributed by atoms with Crippen LogP contribution in [0, 0.1) is 5.82 Å². The third-order valence-corrected chi connectivity index (χ3v) is 8.78. The average Bonchev–Trinajstić information content (AvgIpc) is 3.39. The van der Waals surface area contributed by atoms with E-state index in [1.165, 1.54) is 6.07 Å². The summed E-state index contributed by atoms with van der Waals surface area (Å²) in [6.45, 7) is 4.09. The first kappa shape index (κ1) is 28.8. The van der Waals surface area contributed by atoms with Crippen molar-refractivity contribution in [3.63, 3.8) is 0 Å². The molecule has 3 aromatic rings. The smallest absolute Gasteiger partial charge is 0.254 e. The van der Waals surface area contributed by atoms with E-state index in [0.717, 1.165) is 48.4 Å². The van der Waals surface area contributed by atoms with Crippen LogP contribution >= 0.6 is 0 Å². The third kappa shape index (κ3) is 6.28. The van der Waals surface area contributed by atoms with E-state index in [9.17, 15) is 18.0 Å². The Labute approximate surface area is 239 Å². The van der Waals surface area contributed by atoms with Gasteiger partial charge in [0.1, 0.15) is 23.1 Å². The van der Waals surface area contributed by atoms with E-state index in [-0.39, 0.29) is 42.5 Å². The topological polar surface area (TPSA) is 105 Å². The average molecular weight is 580 g/mol. The SMILES string of the molecule is CCc1c(C(=O)N2CCOc3ccc(-c4ccc(C(=O)NCC5CCCN5)cc4)cc3C2)ccc(S(C)(=O)=O)c1F. The Morgan fingerprint density at radius 2 is 1.85 bits per heavy atom. The number of rotatable bonds is 7. The number of fused-ring (bicyclic) bond motifs is 1. The van der Waals surface area contributed by atoms with Gasteiger partial charge in [0, 0.05) is 47.6 Å². The summed E-state index contributed by atoms with van der Waals surface area (Å²) in [4.78, 5) is 27.3. The molecule has 5 rings (SSSR count). The minimum atomic E-state index is -3.77. The number of ether oxygens (including phenoxy) is 1. The van der Waals surface area contributed by atoms with Gasteiger partial charge in [-0.2, -0.15) is 0 Å². The lowest BCUT2D eigenvalue weighted by atomic mass is 10.00. The standard InChI is InChI=1S/C31H34FN3O5S/c1-3-25-26(11-13-28(29(25)32)41(2,38)39)31(37)35-15-16-40-27-12-10-22(17-23(27)19-35)20-6-8-21(9-7-20)30(36)34-18-24-5-4-14-33-24/h6-13,17,24,33H,3-5,14-16,18-19H2,1-2H3,(H,34,36). The van der Waals surface area contributed by atoms with Crippen LogP contribution in [-0.4, -0.2) is 63.7 Å². The molecule has 216 valence electrons. The molecule has 0 saturated carbocycles. The predicted molar refractivity (Wildman–Crippen MR) is 154 cm³/mol. The zero-order valence-corrected chi connectivity index (χ0v) is 24.0. The zero-order chi connectivity index (χ0) is 29.1. The minimum absolute atomic E-state index is 0.0840. The van der Waals surface area contributed by atoms with Crippen LogP contribution < -0.4 is 15.4 Å². The van der Waals surface area contributed by atoms with Crippen LogP contribution in [0.1, 0.15) is 51.6 Å². The fourth-order valence-corrected chi connectivity index (χ4v) is 6.18.